The fourth-order valence-electron chi connectivity index (χ4n) is 3.55. The van der Waals surface area contributed by atoms with Gasteiger partial charge in [0.15, 0.2) is 0 Å². The van der Waals surface area contributed by atoms with E-state index >= 15 is 0 Å². The predicted molar refractivity (Wildman–Crippen MR) is 133 cm³/mol. The number of hydrogen-bond acceptors (Lipinski definition) is 6. The summed E-state index contributed by atoms with van der Waals surface area (Å²) in [7, 11) is -3.50. The average molecular weight is 478 g/mol. The van der Waals surface area contributed by atoms with E-state index in [-0.39, 0.29) is 10.6 Å². The lowest BCUT2D eigenvalue weighted by atomic mass is 10.0. The van der Waals surface area contributed by atoms with E-state index in [2.05, 4.69) is 20.1 Å². The summed E-state index contributed by atoms with van der Waals surface area (Å²) in [6.07, 6.45) is 4.31. The largest absolute Gasteiger partial charge is 0.508 e. The van der Waals surface area contributed by atoms with Crippen molar-refractivity contribution in [2.75, 3.05) is 18.4 Å². The lowest BCUT2D eigenvalue weighted by Crippen LogP contribution is -2.26. The van der Waals surface area contributed by atoms with Gasteiger partial charge >= 0.3 is 0 Å². The van der Waals surface area contributed by atoms with Gasteiger partial charge in [0.25, 0.3) is 0 Å². The van der Waals surface area contributed by atoms with Crippen molar-refractivity contribution >= 4 is 15.8 Å². The number of pyridine rings is 1. The lowest BCUT2D eigenvalue weighted by molar-refractivity contribution is 0.475. The molecule has 0 aliphatic heterocycles. The minimum absolute atomic E-state index is 0.189. The van der Waals surface area contributed by atoms with Crippen molar-refractivity contribution in [2.24, 2.45) is 0 Å². The molecule has 0 atom stereocenters. The van der Waals surface area contributed by atoms with E-state index in [1.54, 1.807) is 54.7 Å². The molecule has 176 valence electrons. The van der Waals surface area contributed by atoms with E-state index < -0.39 is 10.0 Å². The Morgan fingerprint density at radius 3 is 2.56 bits per heavy atom. The van der Waals surface area contributed by atoms with Crippen LogP contribution in [0.5, 0.6) is 5.75 Å². The van der Waals surface area contributed by atoms with Gasteiger partial charge in [0.05, 0.1) is 4.90 Å². The zero-order valence-electron chi connectivity index (χ0n) is 18.8. The van der Waals surface area contributed by atoms with Crippen molar-refractivity contribution < 1.29 is 13.5 Å². The first kappa shape index (κ1) is 23.5. The number of benzene rings is 2. The highest BCUT2D eigenvalue weighted by atomic mass is 32.2. The van der Waals surface area contributed by atoms with Gasteiger partial charge in [-0.05, 0) is 55.3 Å². The van der Waals surface area contributed by atoms with Gasteiger partial charge in [-0.25, -0.2) is 18.1 Å². The SMILES string of the molecule is CCn1cc(-c2ccnc(NCCCNS(=O)(=O)c3ccccc3)c2)c(-c2cccc(O)c2)n1. The second kappa shape index (κ2) is 10.5. The summed E-state index contributed by atoms with van der Waals surface area (Å²) in [5, 5.41) is 17.8. The summed E-state index contributed by atoms with van der Waals surface area (Å²) in [6.45, 7) is 3.62. The summed E-state index contributed by atoms with van der Waals surface area (Å²) in [5.74, 6) is 0.879. The summed E-state index contributed by atoms with van der Waals surface area (Å²) in [6, 6.07) is 19.2. The number of aromatic hydroxyl groups is 1. The van der Waals surface area contributed by atoms with E-state index in [4.69, 9.17) is 0 Å². The highest BCUT2D eigenvalue weighted by Gasteiger charge is 2.15. The molecule has 8 nitrogen and oxygen atoms in total. The van der Waals surface area contributed by atoms with Crippen LogP contribution in [0.1, 0.15) is 13.3 Å². The molecule has 2 aromatic carbocycles. The molecule has 3 N–H and O–H groups in total. The number of phenolic OH excluding ortho intramolecular Hbond substituents is 1. The number of aryl methyl sites for hydroxylation is 1. The van der Waals surface area contributed by atoms with E-state index in [1.165, 1.54) is 0 Å². The molecular formula is C25H27N5O3S. The van der Waals surface area contributed by atoms with Crippen molar-refractivity contribution in [2.45, 2.75) is 24.8 Å². The van der Waals surface area contributed by atoms with Gasteiger partial charge in [0, 0.05) is 43.2 Å². The van der Waals surface area contributed by atoms with Gasteiger partial charge < -0.3 is 10.4 Å². The van der Waals surface area contributed by atoms with Gasteiger partial charge in [-0.3, -0.25) is 4.68 Å². The first-order valence-electron chi connectivity index (χ1n) is 11.1. The van der Waals surface area contributed by atoms with Gasteiger partial charge in [0.1, 0.15) is 17.3 Å². The molecule has 0 amide bonds. The Morgan fingerprint density at radius 1 is 0.971 bits per heavy atom. The standard InChI is InChI=1S/C25H27N5O3S/c1-2-30-18-23(25(29-30)20-8-6-9-21(31)16-20)19-12-15-27-24(17-19)26-13-7-14-28-34(32,33)22-10-4-3-5-11-22/h3-6,8-12,15-18,28,31H,2,7,13-14H2,1H3,(H,26,27). The monoisotopic (exact) mass is 477 g/mol. The van der Waals surface area contributed by atoms with E-state index in [9.17, 15) is 13.5 Å². The smallest absolute Gasteiger partial charge is 0.240 e. The molecule has 0 unspecified atom stereocenters. The second-order valence-corrected chi connectivity index (χ2v) is 9.49. The number of phenols is 1. The van der Waals surface area contributed by atoms with E-state index in [0.717, 1.165) is 28.9 Å². The van der Waals surface area contributed by atoms with Crippen LogP contribution in [0.15, 0.2) is 84.0 Å². The molecule has 0 aliphatic rings. The zero-order chi connectivity index (χ0) is 24.0. The highest BCUT2D eigenvalue weighted by molar-refractivity contribution is 7.89. The molecule has 0 saturated heterocycles. The number of hydrogen-bond donors (Lipinski definition) is 3. The lowest BCUT2D eigenvalue weighted by Gasteiger charge is -2.09. The summed E-state index contributed by atoms with van der Waals surface area (Å²) in [4.78, 5) is 4.64. The van der Waals surface area contributed by atoms with Crippen LogP contribution in [0.3, 0.4) is 0 Å². The topological polar surface area (TPSA) is 109 Å². The van der Waals surface area contributed by atoms with Crippen LogP contribution in [-0.4, -0.2) is 41.4 Å². The van der Waals surface area contributed by atoms with Crippen molar-refractivity contribution in [3.63, 3.8) is 0 Å². The van der Waals surface area contributed by atoms with Crippen molar-refractivity contribution in [1.29, 1.82) is 0 Å². The minimum atomic E-state index is -3.50. The van der Waals surface area contributed by atoms with Crippen molar-refractivity contribution in [1.82, 2.24) is 19.5 Å². The molecule has 2 heterocycles. The first-order chi connectivity index (χ1) is 16.5. The van der Waals surface area contributed by atoms with Gasteiger partial charge in [-0.1, -0.05) is 30.3 Å². The molecule has 0 spiro atoms. The van der Waals surface area contributed by atoms with Crippen LogP contribution in [0, 0.1) is 0 Å². The maximum atomic E-state index is 12.3. The van der Waals surface area contributed by atoms with Crippen LogP contribution < -0.4 is 10.0 Å². The van der Waals surface area contributed by atoms with Crippen LogP contribution in [-0.2, 0) is 16.6 Å². The minimum Gasteiger partial charge on any atom is -0.508 e. The van der Waals surface area contributed by atoms with Gasteiger partial charge in [-0.2, -0.15) is 5.10 Å². The molecule has 34 heavy (non-hydrogen) atoms. The Labute approximate surface area is 199 Å². The summed E-state index contributed by atoms with van der Waals surface area (Å²) < 4.78 is 29.1. The average Bonchev–Trinajstić information content (AvgIpc) is 3.29. The molecule has 4 aromatic rings. The van der Waals surface area contributed by atoms with Crippen LogP contribution in [0.2, 0.25) is 0 Å². The first-order valence-corrected chi connectivity index (χ1v) is 12.6. The molecule has 0 saturated carbocycles. The van der Waals surface area contributed by atoms with Crippen LogP contribution in [0.25, 0.3) is 22.4 Å². The molecule has 0 bridgehead atoms. The maximum absolute atomic E-state index is 12.3. The number of nitrogens with zero attached hydrogens (tertiary/aromatic N) is 3. The van der Waals surface area contributed by atoms with E-state index in [1.807, 2.05) is 36.0 Å². The second-order valence-electron chi connectivity index (χ2n) is 7.72. The zero-order valence-corrected chi connectivity index (χ0v) is 19.7. The molecule has 9 heteroatoms. The third-order valence-electron chi connectivity index (χ3n) is 5.28. The Kier molecular flexibility index (Phi) is 7.24. The van der Waals surface area contributed by atoms with Crippen LogP contribution in [0.4, 0.5) is 5.82 Å². The van der Waals surface area contributed by atoms with E-state index in [0.29, 0.717) is 25.3 Å². The molecule has 2 aromatic heterocycles. The molecule has 0 fully saturated rings. The van der Waals surface area contributed by atoms with Crippen molar-refractivity contribution in [3.05, 3.63) is 79.1 Å². The van der Waals surface area contributed by atoms with Gasteiger partial charge in [-0.15, -0.1) is 0 Å². The Morgan fingerprint density at radius 2 is 1.79 bits per heavy atom. The quantitative estimate of drug-likeness (QED) is 0.297. The number of rotatable bonds is 10. The van der Waals surface area contributed by atoms with Crippen LogP contribution >= 0.6 is 0 Å². The third kappa shape index (κ3) is 5.62. The van der Waals surface area contributed by atoms with Crippen molar-refractivity contribution in [3.8, 4) is 28.1 Å². The number of nitrogens with one attached hydrogen (secondary N) is 2. The Hall–Kier alpha value is -3.69. The number of anilines is 1. The maximum Gasteiger partial charge on any atom is 0.240 e. The fraction of sp³-hybridized carbons (Fsp3) is 0.200. The molecule has 0 aliphatic carbocycles. The Balaban J connectivity index is 1.42. The number of sulfonamides is 1. The summed E-state index contributed by atoms with van der Waals surface area (Å²) >= 11 is 0. The van der Waals surface area contributed by atoms with Gasteiger partial charge in [0.2, 0.25) is 10.0 Å². The molecule has 4 rings (SSSR count). The molecular weight excluding hydrogens is 450 g/mol. The predicted octanol–water partition coefficient (Wildman–Crippen LogP) is 4.12. The highest BCUT2D eigenvalue weighted by Crippen LogP contribution is 2.33. The third-order valence-corrected chi connectivity index (χ3v) is 6.76. The molecule has 0 radical (unpaired) electrons. The fourth-order valence-corrected chi connectivity index (χ4v) is 4.65. The number of aromatic nitrogens is 3. The summed E-state index contributed by atoms with van der Waals surface area (Å²) in [5.41, 5.74) is 3.50. The Bertz CT molecular complexity index is 1350. The normalized spacial score (nSPS) is 11.4.